The van der Waals surface area contributed by atoms with E-state index in [1.54, 1.807) is 0 Å². The zero-order valence-corrected chi connectivity index (χ0v) is 10.7. The Balaban J connectivity index is 0.000000673. The third-order valence-corrected chi connectivity index (χ3v) is 1.28. The summed E-state index contributed by atoms with van der Waals surface area (Å²) in [6.45, 7) is 0. The summed E-state index contributed by atoms with van der Waals surface area (Å²) < 4.78 is 4.49. The van der Waals surface area contributed by atoms with Gasteiger partial charge in [-0.15, -0.1) is 0 Å². The Bertz CT molecular complexity index is 345. The molecular weight excluding hydrogens is 309 g/mol. The number of hydrogen-bond acceptors (Lipinski definition) is 5. The van der Waals surface area contributed by atoms with E-state index in [1.165, 1.54) is 20.5 Å². The molecule has 0 radical (unpaired) electrons. The summed E-state index contributed by atoms with van der Waals surface area (Å²) in [6.07, 6.45) is 1.36. The van der Waals surface area contributed by atoms with Crippen LogP contribution in [-0.4, -0.2) is 30.1 Å². The average Bonchev–Trinajstić information content (AvgIpc) is 2.74. The van der Waals surface area contributed by atoms with Crippen LogP contribution in [0.3, 0.4) is 0 Å². The van der Waals surface area contributed by atoms with Gasteiger partial charge in [-0.2, -0.15) is 5.11 Å². The molecule has 2 N–H and O–H groups in total. The molecule has 7 nitrogen and oxygen atoms in total. The second-order valence-corrected chi connectivity index (χ2v) is 3.63. The van der Waals surface area contributed by atoms with Crippen molar-refractivity contribution in [3.8, 4) is 0 Å². The third kappa shape index (κ3) is 5.31. The summed E-state index contributed by atoms with van der Waals surface area (Å²) in [5.74, 6) is -0.219. The number of methoxy groups -OCH3 is 1. The van der Waals surface area contributed by atoms with Crippen molar-refractivity contribution >= 4 is 32.0 Å². The van der Waals surface area contributed by atoms with Crippen LogP contribution in [0.2, 0.25) is 0 Å². The standard InChI is InChI=1S/C6H9N5O2.2ClH.Cu/c1-7-11-10-5-4(6(12)13-2)8-3-9-5;;;/h3H,1-2H3,(H,7,10)(H,8,9);2*1H;/q;;;+2/p-2. The first-order valence-electron chi connectivity index (χ1n) is 3.69. The monoisotopic (exact) mass is 316 g/mol. The number of H-pyrrole nitrogens is 1. The number of halogens is 2. The maximum absolute atomic E-state index is 11.1. The van der Waals surface area contributed by atoms with Crippen molar-refractivity contribution in [3.05, 3.63) is 12.0 Å². The first kappa shape index (κ1) is 15.2. The quantitative estimate of drug-likeness (QED) is 0.386. The maximum atomic E-state index is 11.1. The molecule has 0 saturated heterocycles. The molecule has 0 saturated carbocycles. The van der Waals surface area contributed by atoms with Gasteiger partial charge in [0.25, 0.3) is 0 Å². The summed E-state index contributed by atoms with van der Waals surface area (Å²) in [5.41, 5.74) is 2.69. The molecule has 0 aromatic carbocycles. The van der Waals surface area contributed by atoms with Crippen LogP contribution < -0.4 is 5.43 Å². The van der Waals surface area contributed by atoms with Gasteiger partial charge in [-0.25, -0.2) is 15.2 Å². The fourth-order valence-electron chi connectivity index (χ4n) is 0.734. The van der Waals surface area contributed by atoms with Crippen molar-refractivity contribution in [3.63, 3.8) is 0 Å². The first-order valence-corrected chi connectivity index (χ1v) is 6.28. The molecule has 10 heteroatoms. The molecule has 1 rings (SSSR count). The summed E-state index contributed by atoms with van der Waals surface area (Å²) in [7, 11) is 12.1. The molecule has 0 unspecified atom stereocenters. The number of nitrogens with zero attached hydrogens (tertiary/aromatic N) is 3. The van der Waals surface area contributed by atoms with Gasteiger partial charge in [0, 0.05) is 0 Å². The van der Waals surface area contributed by atoms with Crippen LogP contribution in [-0.2, 0) is 17.9 Å². The topological polar surface area (TPSA) is 91.7 Å². The Labute approximate surface area is 107 Å². The Hall–Kier alpha value is -0.821. The molecule has 0 bridgehead atoms. The first-order chi connectivity index (χ1) is 7.71. The second-order valence-electron chi connectivity index (χ2n) is 2.07. The molecule has 0 atom stereocenters. The molecule has 0 fully saturated rings. The predicted octanol–water partition coefficient (Wildman–Crippen LogP) is 1.98. The molecule has 1 aromatic heterocycles. The molecular formula is C6H9Cl2CuN5O2. The minimum absolute atomic E-state index is 0.218. The second kappa shape index (κ2) is 9.41. The van der Waals surface area contributed by atoms with Crippen LogP contribution in [0.15, 0.2) is 16.7 Å². The van der Waals surface area contributed by atoms with E-state index in [9.17, 15) is 4.79 Å². The Morgan fingerprint density at radius 3 is 2.81 bits per heavy atom. The normalized spacial score (nSPS) is 9.75. The SMILES string of the molecule is CN=NNc1nc[nH]c1C(=O)OC.[Cl][Cu][Cl]. The van der Waals surface area contributed by atoms with E-state index in [2.05, 4.69) is 50.7 Å². The van der Waals surface area contributed by atoms with Gasteiger partial charge in [0.05, 0.1) is 20.5 Å². The Morgan fingerprint density at radius 1 is 1.69 bits per heavy atom. The summed E-state index contributed by atoms with van der Waals surface area (Å²) in [4.78, 5) is 17.5. The molecule has 0 aliphatic carbocycles. The van der Waals surface area contributed by atoms with Crippen LogP contribution in [0, 0.1) is 0 Å². The summed E-state index contributed by atoms with van der Waals surface area (Å²) in [5, 5.41) is 6.92. The zero-order valence-electron chi connectivity index (χ0n) is 8.29. The van der Waals surface area contributed by atoms with Gasteiger partial charge in [-0.1, -0.05) is 5.22 Å². The molecule has 0 spiro atoms. The van der Waals surface area contributed by atoms with Gasteiger partial charge in [0.1, 0.15) is 0 Å². The number of anilines is 1. The van der Waals surface area contributed by atoms with Gasteiger partial charge in [0.15, 0.2) is 11.5 Å². The number of ether oxygens (including phenoxy) is 1. The zero-order chi connectivity index (χ0) is 12.4. The van der Waals surface area contributed by atoms with E-state index >= 15 is 0 Å². The number of carbonyl (C=O) groups excluding carboxylic acids is 1. The molecule has 0 aliphatic heterocycles. The fourth-order valence-corrected chi connectivity index (χ4v) is 0.734. The molecule has 0 aliphatic rings. The van der Waals surface area contributed by atoms with Crippen molar-refractivity contribution < 1.29 is 22.7 Å². The van der Waals surface area contributed by atoms with E-state index < -0.39 is 5.97 Å². The summed E-state index contributed by atoms with van der Waals surface area (Å²) in [6, 6.07) is 0. The average molecular weight is 318 g/mol. The van der Waals surface area contributed by atoms with Crippen molar-refractivity contribution in [1.82, 2.24) is 9.97 Å². The minimum atomic E-state index is -0.508. The fraction of sp³-hybridized carbons (Fsp3) is 0.333. The van der Waals surface area contributed by atoms with E-state index in [4.69, 9.17) is 0 Å². The van der Waals surface area contributed by atoms with Crippen LogP contribution in [0.1, 0.15) is 10.5 Å². The molecule has 0 amide bonds. The van der Waals surface area contributed by atoms with E-state index in [0.29, 0.717) is 0 Å². The predicted molar refractivity (Wildman–Crippen MR) is 56.0 cm³/mol. The van der Waals surface area contributed by atoms with Crippen molar-refractivity contribution in [2.45, 2.75) is 0 Å². The molecule has 95 valence electrons. The third-order valence-electron chi connectivity index (χ3n) is 1.28. The van der Waals surface area contributed by atoms with Crippen molar-refractivity contribution in [1.29, 1.82) is 0 Å². The van der Waals surface area contributed by atoms with Gasteiger partial charge in [-0.05, 0) is 0 Å². The van der Waals surface area contributed by atoms with Crippen LogP contribution in [0.25, 0.3) is 0 Å². The number of esters is 1. The van der Waals surface area contributed by atoms with Crippen LogP contribution in [0.5, 0.6) is 0 Å². The van der Waals surface area contributed by atoms with Gasteiger partial charge in [0.2, 0.25) is 0 Å². The molecule has 16 heavy (non-hydrogen) atoms. The number of aromatic nitrogens is 2. The molecule has 1 heterocycles. The van der Waals surface area contributed by atoms with E-state index in [0.717, 1.165) is 13.1 Å². The number of rotatable bonds is 3. The number of carbonyl (C=O) groups is 1. The number of nitrogens with one attached hydrogen (secondary N) is 2. The van der Waals surface area contributed by atoms with Gasteiger partial charge in [-0.3, -0.25) is 0 Å². The van der Waals surface area contributed by atoms with Crippen molar-refractivity contribution in [2.24, 2.45) is 10.3 Å². The summed E-state index contributed by atoms with van der Waals surface area (Å²) >= 11 is 0.757. The van der Waals surface area contributed by atoms with Crippen LogP contribution >= 0.6 is 20.2 Å². The van der Waals surface area contributed by atoms with Gasteiger partial charge >= 0.3 is 39.3 Å². The molecule has 1 aromatic rings. The van der Waals surface area contributed by atoms with Crippen LogP contribution in [0.4, 0.5) is 5.82 Å². The van der Waals surface area contributed by atoms with E-state index in [1.807, 2.05) is 0 Å². The van der Waals surface area contributed by atoms with E-state index in [-0.39, 0.29) is 11.5 Å². The Morgan fingerprint density at radius 2 is 2.31 bits per heavy atom. The van der Waals surface area contributed by atoms with Crippen molar-refractivity contribution in [2.75, 3.05) is 19.6 Å². The van der Waals surface area contributed by atoms with Gasteiger partial charge < -0.3 is 9.72 Å². The number of aromatic amines is 1. The number of imidazole rings is 1. The number of hydrogen-bond donors (Lipinski definition) is 2. The Kier molecular flexibility index (Phi) is 8.93.